The fourth-order valence-corrected chi connectivity index (χ4v) is 4.53. The number of hydrogen-bond donors (Lipinski definition) is 1. The molecule has 1 fully saturated rings. The number of fused-ring (bicyclic) bond motifs is 1. The molecular weight excluding hydrogens is 344 g/mol. The van der Waals surface area contributed by atoms with Crippen LogP contribution in [0, 0.1) is 0 Å². The summed E-state index contributed by atoms with van der Waals surface area (Å²) in [6, 6.07) is 16.5. The van der Waals surface area contributed by atoms with Crippen molar-refractivity contribution >= 4 is 23.4 Å². The number of anilines is 1. The highest BCUT2D eigenvalue weighted by Crippen LogP contribution is 2.36. The number of carbonyl (C=O) groups is 1. The molecule has 2 heterocycles. The smallest absolute Gasteiger partial charge is 0.251 e. The van der Waals surface area contributed by atoms with Crippen LogP contribution in [-0.4, -0.2) is 37.5 Å². The Morgan fingerprint density at radius 3 is 2.92 bits per heavy atom. The van der Waals surface area contributed by atoms with E-state index in [9.17, 15) is 4.79 Å². The predicted molar refractivity (Wildman–Crippen MR) is 106 cm³/mol. The summed E-state index contributed by atoms with van der Waals surface area (Å²) >= 11 is 1.86. The molecule has 0 spiro atoms. The number of amides is 1. The second kappa shape index (κ2) is 8.14. The summed E-state index contributed by atoms with van der Waals surface area (Å²) < 4.78 is 5.59. The van der Waals surface area contributed by atoms with Crippen LogP contribution in [0.1, 0.15) is 28.8 Å². The number of nitrogens with zero attached hydrogens (tertiary/aromatic N) is 1. The molecule has 4 nitrogen and oxygen atoms in total. The lowest BCUT2D eigenvalue weighted by Crippen LogP contribution is -2.32. The number of nitrogens with one attached hydrogen (secondary N) is 1. The molecule has 0 bridgehead atoms. The lowest BCUT2D eigenvalue weighted by Gasteiger charge is -2.31. The lowest BCUT2D eigenvalue weighted by molar-refractivity contribution is 0.0858. The Bertz CT molecular complexity index is 760. The maximum absolute atomic E-state index is 12.6. The van der Waals surface area contributed by atoms with Gasteiger partial charge in [-0.25, -0.2) is 0 Å². The van der Waals surface area contributed by atoms with Crippen molar-refractivity contribution in [3.63, 3.8) is 0 Å². The van der Waals surface area contributed by atoms with Crippen LogP contribution >= 0.6 is 11.8 Å². The summed E-state index contributed by atoms with van der Waals surface area (Å²) in [7, 11) is 0. The van der Waals surface area contributed by atoms with Gasteiger partial charge < -0.3 is 15.0 Å². The van der Waals surface area contributed by atoms with E-state index in [1.807, 2.05) is 30.0 Å². The zero-order valence-electron chi connectivity index (χ0n) is 14.8. The van der Waals surface area contributed by atoms with E-state index in [-0.39, 0.29) is 12.0 Å². The molecule has 0 aliphatic carbocycles. The van der Waals surface area contributed by atoms with Crippen LogP contribution in [0.15, 0.2) is 53.4 Å². The van der Waals surface area contributed by atoms with E-state index in [0.29, 0.717) is 6.54 Å². The van der Waals surface area contributed by atoms with Crippen molar-refractivity contribution in [1.82, 2.24) is 5.32 Å². The summed E-state index contributed by atoms with van der Waals surface area (Å²) in [5.74, 6) is 1.06. The van der Waals surface area contributed by atoms with Crippen LogP contribution < -0.4 is 10.2 Å². The molecule has 1 amide bonds. The van der Waals surface area contributed by atoms with E-state index in [0.717, 1.165) is 49.5 Å². The Morgan fingerprint density at radius 1 is 1.23 bits per heavy atom. The van der Waals surface area contributed by atoms with Crippen molar-refractivity contribution in [2.24, 2.45) is 0 Å². The van der Waals surface area contributed by atoms with Gasteiger partial charge in [-0.05, 0) is 36.6 Å². The molecule has 0 unspecified atom stereocenters. The molecule has 0 aromatic heterocycles. The third-order valence-corrected chi connectivity index (χ3v) is 5.95. The molecule has 2 aromatic carbocycles. The van der Waals surface area contributed by atoms with Gasteiger partial charge in [-0.1, -0.05) is 30.3 Å². The number of rotatable bonds is 5. The van der Waals surface area contributed by atoms with Crippen LogP contribution in [0.2, 0.25) is 0 Å². The zero-order chi connectivity index (χ0) is 17.8. The molecule has 136 valence electrons. The SMILES string of the molecule is O=C(NC[C@H]1CCCO1)c1ccc2c(c1)N(Cc1ccccc1)CCS2. The number of thioether (sulfide) groups is 1. The molecule has 1 N–H and O–H groups in total. The molecule has 2 aliphatic heterocycles. The molecule has 2 aliphatic rings. The van der Waals surface area contributed by atoms with Crippen molar-refractivity contribution in [3.05, 3.63) is 59.7 Å². The summed E-state index contributed by atoms with van der Waals surface area (Å²) in [5, 5.41) is 3.02. The molecule has 0 saturated carbocycles. The van der Waals surface area contributed by atoms with Crippen LogP contribution in [0.5, 0.6) is 0 Å². The predicted octanol–water partition coefficient (Wildman–Crippen LogP) is 3.71. The third-order valence-electron chi connectivity index (χ3n) is 4.91. The molecule has 2 aromatic rings. The minimum atomic E-state index is -0.0152. The summed E-state index contributed by atoms with van der Waals surface area (Å²) in [6.45, 7) is 3.27. The van der Waals surface area contributed by atoms with Gasteiger partial charge in [0, 0.05) is 42.5 Å². The number of hydrogen-bond acceptors (Lipinski definition) is 4. The first-order valence-electron chi connectivity index (χ1n) is 9.25. The number of ether oxygens (including phenoxy) is 1. The summed E-state index contributed by atoms with van der Waals surface area (Å²) in [5.41, 5.74) is 3.18. The minimum Gasteiger partial charge on any atom is -0.376 e. The average Bonchev–Trinajstić information content (AvgIpc) is 3.20. The molecule has 5 heteroatoms. The van der Waals surface area contributed by atoms with Crippen molar-refractivity contribution in [1.29, 1.82) is 0 Å². The maximum Gasteiger partial charge on any atom is 0.251 e. The Balaban J connectivity index is 1.48. The van der Waals surface area contributed by atoms with Gasteiger partial charge in [0.15, 0.2) is 0 Å². The maximum atomic E-state index is 12.6. The van der Waals surface area contributed by atoms with Gasteiger partial charge in [0.1, 0.15) is 0 Å². The summed E-state index contributed by atoms with van der Waals surface area (Å²) in [6.07, 6.45) is 2.29. The van der Waals surface area contributed by atoms with Gasteiger partial charge in [0.2, 0.25) is 0 Å². The largest absolute Gasteiger partial charge is 0.376 e. The minimum absolute atomic E-state index is 0.0152. The molecule has 26 heavy (non-hydrogen) atoms. The van der Waals surface area contributed by atoms with E-state index < -0.39 is 0 Å². The fraction of sp³-hybridized carbons (Fsp3) is 0.381. The van der Waals surface area contributed by atoms with E-state index in [1.165, 1.54) is 10.5 Å². The first-order valence-corrected chi connectivity index (χ1v) is 10.2. The Morgan fingerprint density at radius 2 is 2.12 bits per heavy atom. The number of carbonyl (C=O) groups excluding carboxylic acids is 1. The first kappa shape index (κ1) is 17.4. The second-order valence-electron chi connectivity index (χ2n) is 6.78. The fourth-order valence-electron chi connectivity index (χ4n) is 3.50. The molecule has 1 atom stereocenters. The van der Waals surface area contributed by atoms with Gasteiger partial charge >= 0.3 is 0 Å². The van der Waals surface area contributed by atoms with Crippen LogP contribution in [0.25, 0.3) is 0 Å². The first-order chi connectivity index (χ1) is 12.8. The molecule has 1 saturated heterocycles. The van der Waals surface area contributed by atoms with Gasteiger partial charge in [-0.15, -0.1) is 11.8 Å². The molecule has 4 rings (SSSR count). The van der Waals surface area contributed by atoms with E-state index >= 15 is 0 Å². The monoisotopic (exact) mass is 368 g/mol. The van der Waals surface area contributed by atoms with Crippen LogP contribution in [0.4, 0.5) is 5.69 Å². The van der Waals surface area contributed by atoms with E-state index in [4.69, 9.17) is 4.74 Å². The van der Waals surface area contributed by atoms with Crippen molar-refractivity contribution in [3.8, 4) is 0 Å². The van der Waals surface area contributed by atoms with Crippen molar-refractivity contribution in [2.75, 3.05) is 30.3 Å². The topological polar surface area (TPSA) is 41.6 Å². The van der Waals surface area contributed by atoms with Gasteiger partial charge in [0.25, 0.3) is 5.91 Å². The quantitative estimate of drug-likeness (QED) is 0.874. The average molecular weight is 369 g/mol. The highest BCUT2D eigenvalue weighted by Gasteiger charge is 2.21. The molecule has 0 radical (unpaired) electrons. The van der Waals surface area contributed by atoms with E-state index in [1.54, 1.807) is 0 Å². The highest BCUT2D eigenvalue weighted by molar-refractivity contribution is 7.99. The Kier molecular flexibility index (Phi) is 5.46. The molecular formula is C21H24N2O2S. The second-order valence-corrected chi connectivity index (χ2v) is 7.92. The zero-order valence-corrected chi connectivity index (χ0v) is 15.6. The normalized spacial score (nSPS) is 19.2. The summed E-state index contributed by atoms with van der Waals surface area (Å²) in [4.78, 5) is 16.2. The third kappa shape index (κ3) is 4.05. The van der Waals surface area contributed by atoms with Crippen molar-refractivity contribution < 1.29 is 9.53 Å². The lowest BCUT2D eigenvalue weighted by atomic mass is 10.1. The van der Waals surface area contributed by atoms with Crippen LogP contribution in [-0.2, 0) is 11.3 Å². The van der Waals surface area contributed by atoms with E-state index in [2.05, 4.69) is 40.5 Å². The standard InChI is InChI=1S/C21H24N2O2S/c24-21(22-14-18-7-4-11-25-18)17-8-9-20-19(13-17)23(10-12-26-20)15-16-5-2-1-3-6-16/h1-3,5-6,8-9,13,18H,4,7,10-12,14-15H2,(H,22,24)/t18-/m1/s1. The number of benzene rings is 2. The van der Waals surface area contributed by atoms with Crippen molar-refractivity contribution in [2.45, 2.75) is 30.4 Å². The van der Waals surface area contributed by atoms with Gasteiger partial charge in [-0.2, -0.15) is 0 Å². The van der Waals surface area contributed by atoms with Gasteiger partial charge in [-0.3, -0.25) is 4.79 Å². The highest BCUT2D eigenvalue weighted by atomic mass is 32.2. The van der Waals surface area contributed by atoms with Gasteiger partial charge in [0.05, 0.1) is 11.8 Å². The Hall–Kier alpha value is -1.98. The van der Waals surface area contributed by atoms with Crippen LogP contribution in [0.3, 0.4) is 0 Å². The Labute approximate surface area is 158 Å².